The van der Waals surface area contributed by atoms with Crippen LogP contribution in [0.25, 0.3) is 0 Å². The van der Waals surface area contributed by atoms with Crippen LogP contribution in [-0.4, -0.2) is 43.0 Å². The van der Waals surface area contributed by atoms with E-state index in [1.165, 1.54) is 4.88 Å². The maximum Gasteiger partial charge on any atom is 0.237 e. The summed E-state index contributed by atoms with van der Waals surface area (Å²) < 4.78 is 0. The van der Waals surface area contributed by atoms with Crippen LogP contribution >= 0.6 is 36.2 Å². The minimum absolute atomic E-state index is 0. The van der Waals surface area contributed by atoms with Crippen molar-refractivity contribution in [3.8, 4) is 0 Å². The fourth-order valence-electron chi connectivity index (χ4n) is 1.97. The van der Waals surface area contributed by atoms with Gasteiger partial charge in [-0.3, -0.25) is 9.69 Å². The Kier molecular flexibility index (Phi) is 9.39. The van der Waals surface area contributed by atoms with Crippen LogP contribution < -0.4 is 10.6 Å². The molecule has 110 valence electrons. The van der Waals surface area contributed by atoms with Crippen molar-refractivity contribution in [3.63, 3.8) is 0 Å². The maximum atomic E-state index is 12.0. The molecule has 1 aromatic rings. The molecule has 1 fully saturated rings. The molecule has 0 aromatic carbocycles. The Morgan fingerprint density at radius 3 is 2.74 bits per heavy atom. The van der Waals surface area contributed by atoms with E-state index in [0.717, 1.165) is 26.2 Å². The first-order valence-electron chi connectivity index (χ1n) is 6.02. The van der Waals surface area contributed by atoms with E-state index in [0.29, 0.717) is 6.54 Å². The first-order valence-corrected chi connectivity index (χ1v) is 6.90. The molecule has 0 bridgehead atoms. The molecule has 19 heavy (non-hydrogen) atoms. The lowest BCUT2D eigenvalue weighted by atomic mass is 10.2. The minimum atomic E-state index is -0.0305. The number of hydrogen-bond donors (Lipinski definition) is 2. The molecule has 1 aliphatic rings. The molecule has 0 spiro atoms. The van der Waals surface area contributed by atoms with Crippen LogP contribution in [0.2, 0.25) is 0 Å². The van der Waals surface area contributed by atoms with Crippen LogP contribution in [0, 0.1) is 0 Å². The predicted molar refractivity (Wildman–Crippen MR) is 84.6 cm³/mol. The minimum Gasteiger partial charge on any atom is -0.350 e. The fraction of sp³-hybridized carbons (Fsp3) is 0.583. The highest BCUT2D eigenvalue weighted by Crippen LogP contribution is 2.08. The molecular weight excluding hydrogens is 305 g/mol. The van der Waals surface area contributed by atoms with E-state index >= 15 is 0 Å². The van der Waals surface area contributed by atoms with Crippen molar-refractivity contribution in [1.29, 1.82) is 0 Å². The zero-order valence-electron chi connectivity index (χ0n) is 10.9. The number of rotatable bonds is 4. The van der Waals surface area contributed by atoms with Gasteiger partial charge < -0.3 is 10.6 Å². The number of piperazine rings is 1. The standard InChI is InChI=1S/C12H19N3OS.2ClH/c1-10(15-6-4-13-5-7-15)12(16)14-9-11-3-2-8-17-11;;/h2-3,8,10,13H,4-7,9H2,1H3,(H,14,16);2*1H. The normalized spacial score (nSPS) is 16.9. The molecule has 2 heterocycles. The summed E-state index contributed by atoms with van der Waals surface area (Å²) in [6.07, 6.45) is 0. The third kappa shape index (κ3) is 5.67. The molecule has 1 atom stereocenters. The Bertz CT molecular complexity index is 356. The van der Waals surface area contributed by atoms with Gasteiger partial charge in [0.05, 0.1) is 12.6 Å². The highest BCUT2D eigenvalue weighted by atomic mass is 35.5. The zero-order chi connectivity index (χ0) is 12.1. The molecule has 1 aliphatic heterocycles. The van der Waals surface area contributed by atoms with Crippen molar-refractivity contribution in [3.05, 3.63) is 22.4 Å². The molecule has 1 aromatic heterocycles. The lowest BCUT2D eigenvalue weighted by Crippen LogP contribution is -2.52. The Morgan fingerprint density at radius 1 is 1.47 bits per heavy atom. The van der Waals surface area contributed by atoms with Gasteiger partial charge in [-0.05, 0) is 18.4 Å². The molecule has 1 amide bonds. The molecule has 4 nitrogen and oxygen atoms in total. The number of carbonyl (C=O) groups is 1. The molecule has 2 rings (SSSR count). The average molecular weight is 326 g/mol. The second kappa shape index (κ2) is 9.55. The SMILES string of the molecule is CC(C(=O)NCc1cccs1)N1CCNCC1.Cl.Cl. The molecular formula is C12H21Cl2N3OS. The Hall–Kier alpha value is -0.330. The first-order chi connectivity index (χ1) is 8.27. The molecule has 1 unspecified atom stereocenters. The predicted octanol–water partition coefficient (Wildman–Crippen LogP) is 1.50. The maximum absolute atomic E-state index is 12.0. The van der Waals surface area contributed by atoms with Crippen LogP contribution in [0.1, 0.15) is 11.8 Å². The number of halogens is 2. The summed E-state index contributed by atoms with van der Waals surface area (Å²) in [6.45, 7) is 6.48. The molecule has 7 heteroatoms. The summed E-state index contributed by atoms with van der Waals surface area (Å²) in [5, 5.41) is 8.31. The molecule has 0 saturated carbocycles. The number of nitrogens with one attached hydrogen (secondary N) is 2. The van der Waals surface area contributed by atoms with E-state index < -0.39 is 0 Å². The molecule has 0 aliphatic carbocycles. The number of thiophene rings is 1. The fourth-order valence-corrected chi connectivity index (χ4v) is 2.61. The van der Waals surface area contributed by atoms with Gasteiger partial charge in [-0.15, -0.1) is 36.2 Å². The number of carbonyl (C=O) groups excluding carboxylic acids is 1. The van der Waals surface area contributed by atoms with E-state index in [1.807, 2.05) is 24.4 Å². The summed E-state index contributed by atoms with van der Waals surface area (Å²) in [4.78, 5) is 15.4. The third-order valence-electron chi connectivity index (χ3n) is 3.10. The van der Waals surface area contributed by atoms with Gasteiger partial charge in [0.15, 0.2) is 0 Å². The van der Waals surface area contributed by atoms with Crippen molar-refractivity contribution < 1.29 is 4.79 Å². The number of hydrogen-bond acceptors (Lipinski definition) is 4. The highest BCUT2D eigenvalue weighted by molar-refractivity contribution is 7.09. The monoisotopic (exact) mass is 325 g/mol. The summed E-state index contributed by atoms with van der Waals surface area (Å²) in [6, 6.07) is 4.02. The van der Waals surface area contributed by atoms with Crippen LogP contribution in [0.5, 0.6) is 0 Å². The van der Waals surface area contributed by atoms with E-state index in [2.05, 4.69) is 15.5 Å². The van der Waals surface area contributed by atoms with Crippen molar-refractivity contribution in [2.45, 2.75) is 19.5 Å². The second-order valence-electron chi connectivity index (χ2n) is 4.26. The van der Waals surface area contributed by atoms with Crippen molar-refractivity contribution >= 4 is 42.1 Å². The van der Waals surface area contributed by atoms with Gasteiger partial charge >= 0.3 is 0 Å². The molecule has 0 radical (unpaired) electrons. The summed E-state index contributed by atoms with van der Waals surface area (Å²) >= 11 is 1.67. The third-order valence-corrected chi connectivity index (χ3v) is 3.97. The van der Waals surface area contributed by atoms with Crippen LogP contribution in [0.3, 0.4) is 0 Å². The van der Waals surface area contributed by atoms with E-state index in [1.54, 1.807) is 11.3 Å². The Balaban J connectivity index is 0.00000162. The van der Waals surface area contributed by atoms with Gasteiger partial charge in [-0.25, -0.2) is 0 Å². The topological polar surface area (TPSA) is 44.4 Å². The number of amides is 1. The van der Waals surface area contributed by atoms with Crippen molar-refractivity contribution in [1.82, 2.24) is 15.5 Å². The van der Waals surface area contributed by atoms with Crippen molar-refractivity contribution in [2.75, 3.05) is 26.2 Å². The van der Waals surface area contributed by atoms with Crippen LogP contribution in [-0.2, 0) is 11.3 Å². The largest absolute Gasteiger partial charge is 0.350 e. The van der Waals surface area contributed by atoms with Gasteiger partial charge in [-0.1, -0.05) is 6.07 Å². The summed E-state index contributed by atoms with van der Waals surface area (Å²) in [5.41, 5.74) is 0. The van der Waals surface area contributed by atoms with E-state index in [-0.39, 0.29) is 36.8 Å². The van der Waals surface area contributed by atoms with Crippen LogP contribution in [0.15, 0.2) is 17.5 Å². The van der Waals surface area contributed by atoms with Gasteiger partial charge in [0.1, 0.15) is 0 Å². The number of nitrogens with zero attached hydrogens (tertiary/aromatic N) is 1. The Morgan fingerprint density at radius 2 is 2.16 bits per heavy atom. The summed E-state index contributed by atoms with van der Waals surface area (Å²) in [7, 11) is 0. The lowest BCUT2D eigenvalue weighted by Gasteiger charge is -2.31. The highest BCUT2D eigenvalue weighted by Gasteiger charge is 2.22. The quantitative estimate of drug-likeness (QED) is 0.881. The molecule has 1 saturated heterocycles. The first kappa shape index (κ1) is 18.7. The van der Waals surface area contributed by atoms with E-state index in [9.17, 15) is 4.79 Å². The average Bonchev–Trinajstić information content (AvgIpc) is 2.89. The van der Waals surface area contributed by atoms with Crippen LogP contribution in [0.4, 0.5) is 0 Å². The van der Waals surface area contributed by atoms with Gasteiger partial charge in [0, 0.05) is 31.1 Å². The molecule has 2 N–H and O–H groups in total. The van der Waals surface area contributed by atoms with Gasteiger partial charge in [0.2, 0.25) is 5.91 Å². The summed E-state index contributed by atoms with van der Waals surface area (Å²) in [5.74, 6) is 0.125. The van der Waals surface area contributed by atoms with Gasteiger partial charge in [-0.2, -0.15) is 0 Å². The zero-order valence-corrected chi connectivity index (χ0v) is 13.4. The lowest BCUT2D eigenvalue weighted by molar-refractivity contribution is -0.126. The van der Waals surface area contributed by atoms with Crippen molar-refractivity contribution in [2.24, 2.45) is 0 Å². The Labute approximate surface area is 130 Å². The second-order valence-corrected chi connectivity index (χ2v) is 5.29. The van der Waals surface area contributed by atoms with E-state index in [4.69, 9.17) is 0 Å². The van der Waals surface area contributed by atoms with Gasteiger partial charge in [0.25, 0.3) is 0 Å². The smallest absolute Gasteiger partial charge is 0.237 e.